The topological polar surface area (TPSA) is 75.9 Å². The summed E-state index contributed by atoms with van der Waals surface area (Å²) in [5.74, 6) is -0.103. The molecule has 0 aromatic carbocycles. The second kappa shape index (κ2) is 7.65. The molecule has 0 radical (unpaired) electrons. The number of carbonyl (C=O) groups excluding carboxylic acids is 2. The Bertz CT molecular complexity index is 771. The fraction of sp³-hybridized carbons (Fsp3) is 0.500. The molecule has 1 N–H and O–H groups in total. The van der Waals surface area contributed by atoms with Crippen molar-refractivity contribution in [1.29, 1.82) is 0 Å². The van der Waals surface area contributed by atoms with Gasteiger partial charge in [0.1, 0.15) is 5.65 Å². The number of hydrogen-bond donors (Lipinski definition) is 1. The van der Waals surface area contributed by atoms with Gasteiger partial charge >= 0.3 is 0 Å². The number of amides is 2. The first-order valence-corrected chi connectivity index (χ1v) is 8.55. The highest BCUT2D eigenvalue weighted by Gasteiger charge is 2.29. The predicted octanol–water partition coefficient (Wildman–Crippen LogP) is 1.14. The van der Waals surface area contributed by atoms with Gasteiger partial charge in [0, 0.05) is 39.0 Å². The average Bonchev–Trinajstić information content (AvgIpc) is 3.01. The van der Waals surface area contributed by atoms with Gasteiger partial charge in [0.15, 0.2) is 0 Å². The lowest BCUT2D eigenvalue weighted by molar-refractivity contribution is -0.138. The second-order valence-electron chi connectivity index (χ2n) is 6.49. The molecule has 1 aliphatic rings. The highest BCUT2D eigenvalue weighted by molar-refractivity contribution is 5.83. The first-order chi connectivity index (χ1) is 12.1. The van der Waals surface area contributed by atoms with Crippen LogP contribution in [0.15, 0.2) is 24.5 Å². The molecule has 2 amide bonds. The van der Waals surface area contributed by atoms with E-state index in [2.05, 4.69) is 10.3 Å². The lowest BCUT2D eigenvalue weighted by Gasteiger charge is -2.31. The molecule has 25 heavy (non-hydrogen) atoms. The number of rotatable bonds is 6. The largest absolute Gasteiger partial charge is 0.383 e. The number of pyridine rings is 1. The van der Waals surface area contributed by atoms with Crippen LogP contribution < -0.4 is 5.32 Å². The zero-order chi connectivity index (χ0) is 17.8. The monoisotopic (exact) mass is 344 g/mol. The first-order valence-electron chi connectivity index (χ1n) is 8.55. The number of likely N-dealkylation sites (tertiary alicyclic amines) is 1. The third-order valence-corrected chi connectivity index (χ3v) is 4.53. The van der Waals surface area contributed by atoms with Gasteiger partial charge in [0.05, 0.1) is 24.8 Å². The second-order valence-corrected chi connectivity index (χ2v) is 6.49. The number of aromatic nitrogens is 2. The van der Waals surface area contributed by atoms with E-state index in [1.54, 1.807) is 12.0 Å². The number of ether oxygens (including phenoxy) is 1. The van der Waals surface area contributed by atoms with Gasteiger partial charge in [-0.25, -0.2) is 4.98 Å². The Morgan fingerprint density at radius 2 is 2.24 bits per heavy atom. The maximum absolute atomic E-state index is 12.5. The molecule has 1 aliphatic heterocycles. The van der Waals surface area contributed by atoms with Crippen LogP contribution in [0.2, 0.25) is 0 Å². The van der Waals surface area contributed by atoms with Gasteiger partial charge in [-0.2, -0.15) is 0 Å². The van der Waals surface area contributed by atoms with Gasteiger partial charge in [0.2, 0.25) is 11.8 Å². The summed E-state index contributed by atoms with van der Waals surface area (Å²) in [5, 5.41) is 2.95. The van der Waals surface area contributed by atoms with Gasteiger partial charge in [-0.15, -0.1) is 0 Å². The number of piperidine rings is 1. The smallest absolute Gasteiger partial charge is 0.225 e. The third-order valence-electron chi connectivity index (χ3n) is 4.53. The molecule has 3 rings (SSSR count). The number of carbonyl (C=O) groups is 2. The normalized spacial score (nSPS) is 17.9. The van der Waals surface area contributed by atoms with Gasteiger partial charge in [-0.05, 0) is 25.0 Å². The Balaban J connectivity index is 1.56. The minimum Gasteiger partial charge on any atom is -0.383 e. The van der Waals surface area contributed by atoms with Crippen LogP contribution in [0.3, 0.4) is 0 Å². The molecule has 1 atom stereocenters. The zero-order valence-electron chi connectivity index (χ0n) is 14.7. The number of imidazole rings is 1. The molecule has 0 unspecified atom stereocenters. The highest BCUT2D eigenvalue weighted by Crippen LogP contribution is 2.18. The SMILES string of the molecule is COCCN1C[C@H](C(=O)NCc2cn3cc(C)ccc3n2)CCC1=O. The molecule has 0 spiro atoms. The van der Waals surface area contributed by atoms with E-state index < -0.39 is 0 Å². The van der Waals surface area contributed by atoms with E-state index in [4.69, 9.17) is 4.74 Å². The Morgan fingerprint density at radius 1 is 1.40 bits per heavy atom. The molecule has 1 saturated heterocycles. The van der Waals surface area contributed by atoms with Crippen molar-refractivity contribution in [2.45, 2.75) is 26.3 Å². The molecule has 2 aromatic heterocycles. The Hall–Kier alpha value is -2.41. The summed E-state index contributed by atoms with van der Waals surface area (Å²) in [6, 6.07) is 3.97. The Kier molecular flexibility index (Phi) is 5.33. The highest BCUT2D eigenvalue weighted by atomic mass is 16.5. The zero-order valence-corrected chi connectivity index (χ0v) is 14.7. The predicted molar refractivity (Wildman–Crippen MR) is 93.0 cm³/mol. The maximum atomic E-state index is 12.5. The molecule has 3 heterocycles. The Labute approximate surface area is 147 Å². The number of hydrogen-bond acceptors (Lipinski definition) is 4. The van der Waals surface area contributed by atoms with Crippen molar-refractivity contribution in [1.82, 2.24) is 19.6 Å². The van der Waals surface area contributed by atoms with E-state index in [-0.39, 0.29) is 17.7 Å². The maximum Gasteiger partial charge on any atom is 0.225 e. The van der Waals surface area contributed by atoms with E-state index in [0.717, 1.165) is 16.9 Å². The number of nitrogens with zero attached hydrogens (tertiary/aromatic N) is 3. The lowest BCUT2D eigenvalue weighted by atomic mass is 9.96. The molecular formula is C18H24N4O3. The summed E-state index contributed by atoms with van der Waals surface area (Å²) in [5.41, 5.74) is 2.84. The van der Waals surface area contributed by atoms with Crippen LogP contribution in [-0.2, 0) is 20.9 Å². The van der Waals surface area contributed by atoms with Gasteiger partial charge in [-0.3, -0.25) is 9.59 Å². The fourth-order valence-electron chi connectivity index (χ4n) is 3.11. The lowest BCUT2D eigenvalue weighted by Crippen LogP contribution is -2.46. The summed E-state index contributed by atoms with van der Waals surface area (Å²) in [7, 11) is 1.61. The van der Waals surface area contributed by atoms with Crippen molar-refractivity contribution in [3.63, 3.8) is 0 Å². The average molecular weight is 344 g/mol. The molecule has 0 saturated carbocycles. The van der Waals surface area contributed by atoms with Crippen molar-refractivity contribution < 1.29 is 14.3 Å². The minimum atomic E-state index is -0.172. The number of fused-ring (bicyclic) bond motifs is 1. The van der Waals surface area contributed by atoms with Crippen LogP contribution in [0.4, 0.5) is 0 Å². The van der Waals surface area contributed by atoms with Crippen LogP contribution in [-0.4, -0.2) is 52.9 Å². The molecule has 2 aromatic rings. The van der Waals surface area contributed by atoms with Crippen LogP contribution in [0.25, 0.3) is 5.65 Å². The van der Waals surface area contributed by atoms with Crippen LogP contribution >= 0.6 is 0 Å². The van der Waals surface area contributed by atoms with Crippen LogP contribution in [0.1, 0.15) is 24.1 Å². The van der Waals surface area contributed by atoms with Crippen molar-refractivity contribution in [3.8, 4) is 0 Å². The van der Waals surface area contributed by atoms with Gasteiger partial charge in [0.25, 0.3) is 0 Å². The summed E-state index contributed by atoms with van der Waals surface area (Å²) in [6.07, 6.45) is 4.94. The third kappa shape index (κ3) is 4.17. The first kappa shape index (κ1) is 17.4. The Morgan fingerprint density at radius 3 is 3.04 bits per heavy atom. The fourth-order valence-corrected chi connectivity index (χ4v) is 3.11. The van der Waals surface area contributed by atoms with Crippen molar-refractivity contribution in [3.05, 3.63) is 35.8 Å². The standard InChI is InChI=1S/C18H24N4O3/c1-13-3-5-16-20-15(12-22(16)10-13)9-19-18(24)14-4-6-17(23)21(11-14)7-8-25-2/h3,5,10,12,14H,4,6-9,11H2,1-2H3,(H,19,24)/t14-/m1/s1. The summed E-state index contributed by atoms with van der Waals surface area (Å²) < 4.78 is 6.99. The molecule has 134 valence electrons. The van der Waals surface area contributed by atoms with Crippen LogP contribution in [0, 0.1) is 12.8 Å². The van der Waals surface area contributed by atoms with Crippen LogP contribution in [0.5, 0.6) is 0 Å². The number of nitrogens with one attached hydrogen (secondary N) is 1. The number of methoxy groups -OCH3 is 1. The van der Waals surface area contributed by atoms with Crippen molar-refractivity contribution in [2.24, 2.45) is 5.92 Å². The molecule has 7 heteroatoms. The number of aryl methyl sites for hydroxylation is 1. The van der Waals surface area contributed by atoms with E-state index >= 15 is 0 Å². The van der Waals surface area contributed by atoms with Gasteiger partial charge < -0.3 is 19.4 Å². The van der Waals surface area contributed by atoms with E-state index in [1.165, 1.54) is 0 Å². The molecule has 1 fully saturated rings. The summed E-state index contributed by atoms with van der Waals surface area (Å²) in [6.45, 7) is 3.90. The molecule has 0 aliphatic carbocycles. The van der Waals surface area contributed by atoms with Crippen molar-refractivity contribution in [2.75, 3.05) is 26.8 Å². The van der Waals surface area contributed by atoms with E-state index in [0.29, 0.717) is 39.1 Å². The van der Waals surface area contributed by atoms with Gasteiger partial charge in [-0.1, -0.05) is 6.07 Å². The molecular weight excluding hydrogens is 320 g/mol. The molecule has 7 nitrogen and oxygen atoms in total. The summed E-state index contributed by atoms with van der Waals surface area (Å²) >= 11 is 0. The van der Waals surface area contributed by atoms with E-state index in [9.17, 15) is 9.59 Å². The quantitative estimate of drug-likeness (QED) is 0.853. The van der Waals surface area contributed by atoms with E-state index in [1.807, 2.05) is 35.9 Å². The van der Waals surface area contributed by atoms with Crippen molar-refractivity contribution >= 4 is 17.5 Å². The minimum absolute atomic E-state index is 0.0249. The molecule has 0 bridgehead atoms. The summed E-state index contributed by atoms with van der Waals surface area (Å²) in [4.78, 5) is 30.6.